The molecule has 1 aliphatic heterocycles. The molecule has 0 radical (unpaired) electrons. The highest BCUT2D eigenvalue weighted by atomic mass is 35.5. The monoisotopic (exact) mass is 555 g/mol. The van der Waals surface area contributed by atoms with Gasteiger partial charge in [0, 0.05) is 36.0 Å². The molecule has 7 nitrogen and oxygen atoms in total. The van der Waals surface area contributed by atoms with Crippen molar-refractivity contribution in [3.8, 4) is 0 Å². The van der Waals surface area contributed by atoms with Crippen molar-refractivity contribution in [1.29, 1.82) is 0 Å². The average molecular weight is 556 g/mol. The lowest BCUT2D eigenvalue weighted by molar-refractivity contribution is -0.141. The lowest BCUT2D eigenvalue weighted by Crippen LogP contribution is -2.50. The Morgan fingerprint density at radius 1 is 1.00 bits per heavy atom. The fourth-order valence-corrected chi connectivity index (χ4v) is 6.74. The zero-order chi connectivity index (χ0) is 27.4. The third-order valence-corrected chi connectivity index (χ3v) is 9.19. The summed E-state index contributed by atoms with van der Waals surface area (Å²) in [7, 11) is -3.69. The molecule has 0 spiro atoms. The number of nitrogens with zero attached hydrogens (tertiary/aromatic N) is 2. The van der Waals surface area contributed by atoms with Crippen LogP contribution in [0.2, 0.25) is 5.02 Å². The molecule has 9 heteroatoms. The largest absolute Gasteiger partial charge is 0.352 e. The Morgan fingerprint density at radius 2 is 1.68 bits per heavy atom. The standard InChI is InChI=1S/C29H34ClN3O4S/c1-4-20(3)31-29(35)24(5-2)32(19-21-14-16-23(30)17-15-21)27(34)13-8-18-33-25-11-6-9-22-10-7-12-26(28(22)25)38(33,36)37/h6-7,9-12,14-17,20,24H,4-5,8,13,18-19H2,1-3H3,(H,31,35)/t20-,24+/m1/s1. The van der Waals surface area contributed by atoms with Crippen molar-refractivity contribution in [1.82, 2.24) is 10.2 Å². The number of carbonyl (C=O) groups is 2. The van der Waals surface area contributed by atoms with Gasteiger partial charge in [0.1, 0.15) is 6.04 Å². The van der Waals surface area contributed by atoms with E-state index in [1.165, 1.54) is 4.31 Å². The second-order valence-corrected chi connectivity index (χ2v) is 12.0. The van der Waals surface area contributed by atoms with Crippen LogP contribution >= 0.6 is 11.6 Å². The van der Waals surface area contributed by atoms with Gasteiger partial charge in [-0.3, -0.25) is 13.9 Å². The molecule has 3 aromatic carbocycles. The van der Waals surface area contributed by atoms with Gasteiger partial charge in [-0.15, -0.1) is 0 Å². The molecule has 1 N–H and O–H groups in total. The van der Waals surface area contributed by atoms with Crippen LogP contribution in [-0.4, -0.2) is 43.8 Å². The highest BCUT2D eigenvalue weighted by Gasteiger charge is 2.35. The van der Waals surface area contributed by atoms with Crippen LogP contribution in [0.25, 0.3) is 10.8 Å². The van der Waals surface area contributed by atoms with Crippen molar-refractivity contribution in [2.75, 3.05) is 10.8 Å². The number of sulfonamides is 1. The van der Waals surface area contributed by atoms with Gasteiger partial charge in [0.15, 0.2) is 0 Å². The quantitative estimate of drug-likeness (QED) is 0.338. The minimum absolute atomic E-state index is 0.00579. The van der Waals surface area contributed by atoms with Crippen molar-refractivity contribution in [3.05, 3.63) is 71.2 Å². The minimum atomic E-state index is -3.69. The topological polar surface area (TPSA) is 86.8 Å². The van der Waals surface area contributed by atoms with E-state index in [1.54, 1.807) is 35.2 Å². The second kappa shape index (κ2) is 11.7. The first-order valence-electron chi connectivity index (χ1n) is 13.1. The Hall–Kier alpha value is -3.10. The van der Waals surface area contributed by atoms with E-state index in [-0.39, 0.29) is 37.4 Å². The minimum Gasteiger partial charge on any atom is -0.352 e. The molecule has 2 atom stereocenters. The average Bonchev–Trinajstić information content (AvgIpc) is 3.12. The number of amides is 2. The molecule has 1 heterocycles. The van der Waals surface area contributed by atoms with Gasteiger partial charge in [-0.1, -0.05) is 61.8 Å². The van der Waals surface area contributed by atoms with Gasteiger partial charge in [0.2, 0.25) is 11.8 Å². The molecule has 0 unspecified atom stereocenters. The Morgan fingerprint density at radius 3 is 2.34 bits per heavy atom. The number of carbonyl (C=O) groups excluding carboxylic acids is 2. The lowest BCUT2D eigenvalue weighted by atomic mass is 10.1. The number of hydrogen-bond acceptors (Lipinski definition) is 4. The molecule has 0 bridgehead atoms. The van der Waals surface area contributed by atoms with E-state index in [9.17, 15) is 18.0 Å². The molecule has 1 aliphatic rings. The maximum Gasteiger partial charge on any atom is 0.265 e. The molecule has 0 aliphatic carbocycles. The van der Waals surface area contributed by atoms with Crippen molar-refractivity contribution >= 4 is 49.9 Å². The third kappa shape index (κ3) is 5.66. The molecular weight excluding hydrogens is 522 g/mol. The summed E-state index contributed by atoms with van der Waals surface area (Å²) in [6.07, 6.45) is 1.67. The van der Waals surface area contributed by atoms with Gasteiger partial charge in [0.05, 0.1) is 10.6 Å². The van der Waals surface area contributed by atoms with Crippen LogP contribution in [0.3, 0.4) is 0 Å². The van der Waals surface area contributed by atoms with E-state index in [2.05, 4.69) is 5.32 Å². The molecule has 4 rings (SSSR count). The van der Waals surface area contributed by atoms with E-state index < -0.39 is 16.1 Å². The Labute approximate surface area is 229 Å². The smallest absolute Gasteiger partial charge is 0.265 e. The van der Waals surface area contributed by atoms with Gasteiger partial charge < -0.3 is 10.2 Å². The molecule has 0 saturated heterocycles. The number of anilines is 1. The highest BCUT2D eigenvalue weighted by molar-refractivity contribution is 7.93. The molecule has 2 amide bonds. The van der Waals surface area contributed by atoms with Gasteiger partial charge in [-0.25, -0.2) is 8.42 Å². The number of benzene rings is 3. The summed E-state index contributed by atoms with van der Waals surface area (Å²) < 4.78 is 28.0. The summed E-state index contributed by atoms with van der Waals surface area (Å²) in [6, 6.07) is 17.4. The van der Waals surface area contributed by atoms with Crippen molar-refractivity contribution in [2.45, 2.75) is 70.0 Å². The van der Waals surface area contributed by atoms with Crippen LogP contribution in [0.15, 0.2) is 65.6 Å². The van der Waals surface area contributed by atoms with E-state index in [1.807, 2.05) is 51.1 Å². The van der Waals surface area contributed by atoms with Crippen LogP contribution in [0, 0.1) is 0 Å². The summed E-state index contributed by atoms with van der Waals surface area (Å²) in [5, 5.41) is 5.19. The molecule has 38 heavy (non-hydrogen) atoms. The number of hydrogen-bond donors (Lipinski definition) is 1. The summed E-state index contributed by atoms with van der Waals surface area (Å²) in [5.41, 5.74) is 1.50. The van der Waals surface area contributed by atoms with E-state index in [4.69, 9.17) is 11.6 Å². The Balaban J connectivity index is 1.52. The third-order valence-electron chi connectivity index (χ3n) is 7.09. The van der Waals surface area contributed by atoms with E-state index >= 15 is 0 Å². The summed E-state index contributed by atoms with van der Waals surface area (Å²) >= 11 is 6.04. The zero-order valence-corrected chi connectivity index (χ0v) is 23.6. The summed E-state index contributed by atoms with van der Waals surface area (Å²) in [4.78, 5) is 28.6. The first kappa shape index (κ1) is 27.9. The Kier molecular flexibility index (Phi) is 8.63. The Bertz CT molecular complexity index is 1420. The summed E-state index contributed by atoms with van der Waals surface area (Å²) in [6.45, 7) is 6.25. The predicted octanol–water partition coefficient (Wildman–Crippen LogP) is 5.50. The first-order valence-corrected chi connectivity index (χ1v) is 14.9. The van der Waals surface area contributed by atoms with Crippen molar-refractivity contribution in [2.24, 2.45) is 0 Å². The molecule has 0 fully saturated rings. The van der Waals surface area contributed by atoms with E-state index in [0.717, 1.165) is 22.8 Å². The normalized spacial score (nSPS) is 15.3. The molecule has 202 valence electrons. The lowest BCUT2D eigenvalue weighted by Gasteiger charge is -2.31. The van der Waals surface area contributed by atoms with Gasteiger partial charge in [-0.2, -0.15) is 0 Å². The van der Waals surface area contributed by atoms with Crippen LogP contribution in [0.1, 0.15) is 52.0 Å². The maximum atomic E-state index is 13.6. The zero-order valence-electron chi connectivity index (χ0n) is 22.0. The van der Waals surface area contributed by atoms with E-state index in [0.29, 0.717) is 28.4 Å². The highest BCUT2D eigenvalue weighted by Crippen LogP contribution is 2.42. The fraction of sp³-hybridized carbons (Fsp3) is 0.379. The van der Waals surface area contributed by atoms with Crippen LogP contribution in [-0.2, 0) is 26.2 Å². The van der Waals surface area contributed by atoms with Gasteiger partial charge in [0.25, 0.3) is 10.0 Å². The number of halogens is 1. The van der Waals surface area contributed by atoms with Crippen LogP contribution in [0.4, 0.5) is 5.69 Å². The van der Waals surface area contributed by atoms with Crippen LogP contribution < -0.4 is 9.62 Å². The second-order valence-electron chi connectivity index (χ2n) is 9.70. The molecule has 0 saturated carbocycles. The fourth-order valence-electron chi connectivity index (χ4n) is 4.86. The van der Waals surface area contributed by atoms with Gasteiger partial charge >= 0.3 is 0 Å². The van der Waals surface area contributed by atoms with Crippen LogP contribution in [0.5, 0.6) is 0 Å². The SMILES string of the molecule is CC[C@@H](C)NC(=O)[C@H](CC)N(Cc1ccc(Cl)cc1)C(=O)CCCN1c2cccc3cccc(c23)S1(=O)=O. The summed E-state index contributed by atoms with van der Waals surface area (Å²) in [5.74, 6) is -0.383. The number of nitrogens with one attached hydrogen (secondary N) is 1. The maximum absolute atomic E-state index is 13.6. The molecule has 3 aromatic rings. The van der Waals surface area contributed by atoms with Crippen molar-refractivity contribution < 1.29 is 18.0 Å². The molecular formula is C29H34ClN3O4S. The number of rotatable bonds is 11. The predicted molar refractivity (Wildman–Crippen MR) is 152 cm³/mol. The molecule has 0 aromatic heterocycles. The van der Waals surface area contributed by atoms with Crippen molar-refractivity contribution in [3.63, 3.8) is 0 Å². The van der Waals surface area contributed by atoms with Gasteiger partial charge in [-0.05, 0) is 61.4 Å². The first-order chi connectivity index (χ1) is 18.2.